The number of carboxylic acids is 1. The van der Waals surface area contributed by atoms with Gasteiger partial charge in [-0.1, -0.05) is 17.7 Å². The molecule has 1 aliphatic rings. The van der Waals surface area contributed by atoms with Crippen LogP contribution in [0.1, 0.15) is 30.1 Å². The van der Waals surface area contributed by atoms with Crippen LogP contribution < -0.4 is 0 Å². The lowest BCUT2D eigenvalue weighted by Gasteiger charge is -2.36. The van der Waals surface area contributed by atoms with Crippen LogP contribution in [0.5, 0.6) is 0 Å². The zero-order valence-electron chi connectivity index (χ0n) is 11.0. The van der Waals surface area contributed by atoms with Crippen molar-refractivity contribution in [2.75, 3.05) is 6.54 Å². The topological polar surface area (TPSA) is 57.6 Å². The number of carbonyl (C=O) groups excluding carboxylic acids is 1. The number of likely N-dealkylation sites (tertiary alicyclic amines) is 1. The van der Waals surface area contributed by atoms with Crippen LogP contribution in [0, 0.1) is 5.92 Å². The summed E-state index contributed by atoms with van der Waals surface area (Å²) in [6.07, 6.45) is 0.962. The number of amides is 1. The van der Waals surface area contributed by atoms with E-state index in [1.807, 2.05) is 6.92 Å². The predicted octanol–water partition coefficient (Wildman–Crippen LogP) is 3.43. The molecule has 1 heterocycles. The Bertz CT molecular complexity index is 549. The third-order valence-electron chi connectivity index (χ3n) is 3.67. The van der Waals surface area contributed by atoms with Gasteiger partial charge in [-0.3, -0.25) is 9.59 Å². The van der Waals surface area contributed by atoms with E-state index in [-0.39, 0.29) is 17.9 Å². The van der Waals surface area contributed by atoms with E-state index in [9.17, 15) is 9.59 Å². The van der Waals surface area contributed by atoms with E-state index in [0.717, 1.165) is 0 Å². The molecule has 1 amide bonds. The fourth-order valence-corrected chi connectivity index (χ4v) is 3.09. The molecule has 108 valence electrons. The van der Waals surface area contributed by atoms with Crippen LogP contribution in [-0.2, 0) is 4.79 Å². The summed E-state index contributed by atoms with van der Waals surface area (Å²) in [5.41, 5.74) is 0.446. The Kier molecular flexibility index (Phi) is 4.70. The van der Waals surface area contributed by atoms with Gasteiger partial charge >= 0.3 is 5.97 Å². The van der Waals surface area contributed by atoms with E-state index in [1.54, 1.807) is 23.1 Å². The highest BCUT2D eigenvalue weighted by Gasteiger charge is 2.33. The van der Waals surface area contributed by atoms with Gasteiger partial charge in [-0.15, -0.1) is 0 Å². The number of piperidine rings is 1. The second kappa shape index (κ2) is 6.14. The zero-order chi connectivity index (χ0) is 14.9. The summed E-state index contributed by atoms with van der Waals surface area (Å²) in [5.74, 6) is -1.30. The van der Waals surface area contributed by atoms with Crippen LogP contribution in [0.3, 0.4) is 0 Å². The molecule has 2 atom stereocenters. The molecule has 1 aliphatic heterocycles. The van der Waals surface area contributed by atoms with E-state index in [2.05, 4.69) is 15.9 Å². The van der Waals surface area contributed by atoms with Gasteiger partial charge in [0.2, 0.25) is 0 Å². The van der Waals surface area contributed by atoms with Crippen molar-refractivity contribution in [1.82, 2.24) is 4.90 Å². The fourth-order valence-electron chi connectivity index (χ4n) is 2.52. The van der Waals surface area contributed by atoms with Crippen LogP contribution in [0.4, 0.5) is 0 Å². The van der Waals surface area contributed by atoms with E-state index >= 15 is 0 Å². The van der Waals surface area contributed by atoms with Gasteiger partial charge < -0.3 is 10.0 Å². The van der Waals surface area contributed by atoms with Crippen LogP contribution in [0.25, 0.3) is 0 Å². The third-order valence-corrected chi connectivity index (χ3v) is 4.96. The minimum atomic E-state index is -0.788. The first-order valence-electron chi connectivity index (χ1n) is 6.39. The molecule has 1 N–H and O–H groups in total. The monoisotopic (exact) mass is 359 g/mol. The lowest BCUT2D eigenvalue weighted by molar-refractivity contribution is -0.143. The van der Waals surface area contributed by atoms with Gasteiger partial charge in [0.15, 0.2) is 0 Å². The number of carbonyl (C=O) groups is 2. The Balaban J connectivity index is 2.18. The molecular formula is C14H15BrClNO3. The smallest absolute Gasteiger partial charge is 0.306 e. The molecule has 0 radical (unpaired) electrons. The average molecular weight is 361 g/mol. The molecule has 0 bridgehead atoms. The molecule has 1 aromatic rings. The third kappa shape index (κ3) is 2.99. The summed E-state index contributed by atoms with van der Waals surface area (Å²) >= 11 is 9.45. The first-order valence-corrected chi connectivity index (χ1v) is 7.56. The summed E-state index contributed by atoms with van der Waals surface area (Å²) < 4.78 is 0.679. The van der Waals surface area contributed by atoms with Gasteiger partial charge in [-0.25, -0.2) is 0 Å². The molecule has 0 aliphatic carbocycles. The molecule has 1 saturated heterocycles. The average Bonchev–Trinajstić information content (AvgIpc) is 2.41. The number of nitrogens with zero attached hydrogens (tertiary/aromatic N) is 1. The van der Waals surface area contributed by atoms with Crippen molar-refractivity contribution >= 4 is 39.4 Å². The van der Waals surface area contributed by atoms with Crippen LogP contribution in [0.15, 0.2) is 22.7 Å². The van der Waals surface area contributed by atoms with Crippen LogP contribution in [-0.4, -0.2) is 34.5 Å². The zero-order valence-corrected chi connectivity index (χ0v) is 13.3. The van der Waals surface area contributed by atoms with E-state index in [4.69, 9.17) is 16.7 Å². The maximum absolute atomic E-state index is 12.5. The number of carboxylic acid groups (broad SMARTS) is 1. The van der Waals surface area contributed by atoms with Gasteiger partial charge in [0.1, 0.15) is 0 Å². The number of rotatable bonds is 2. The Morgan fingerprint density at radius 3 is 2.75 bits per heavy atom. The Morgan fingerprint density at radius 1 is 1.45 bits per heavy atom. The highest BCUT2D eigenvalue weighted by Crippen LogP contribution is 2.30. The summed E-state index contributed by atoms with van der Waals surface area (Å²) in [6, 6.07) is 5.12. The van der Waals surface area contributed by atoms with E-state index in [0.29, 0.717) is 34.4 Å². The van der Waals surface area contributed by atoms with Crippen LogP contribution in [0.2, 0.25) is 5.02 Å². The predicted molar refractivity (Wildman–Crippen MR) is 80.0 cm³/mol. The Hall–Kier alpha value is -1.07. The summed E-state index contributed by atoms with van der Waals surface area (Å²) in [5, 5.41) is 9.44. The van der Waals surface area contributed by atoms with Crippen molar-refractivity contribution in [3.8, 4) is 0 Å². The molecule has 1 aromatic carbocycles. The van der Waals surface area contributed by atoms with Crippen molar-refractivity contribution < 1.29 is 14.7 Å². The van der Waals surface area contributed by atoms with E-state index in [1.165, 1.54) is 0 Å². The maximum Gasteiger partial charge on any atom is 0.306 e. The van der Waals surface area contributed by atoms with Gasteiger partial charge in [0.05, 0.1) is 16.5 Å². The largest absolute Gasteiger partial charge is 0.481 e. The molecule has 2 rings (SSSR count). The van der Waals surface area contributed by atoms with Gasteiger partial charge in [-0.2, -0.15) is 0 Å². The second-order valence-electron chi connectivity index (χ2n) is 5.01. The normalized spacial score (nSPS) is 22.6. The molecule has 0 aromatic heterocycles. The first kappa shape index (κ1) is 15.3. The van der Waals surface area contributed by atoms with Crippen molar-refractivity contribution in [2.45, 2.75) is 25.8 Å². The van der Waals surface area contributed by atoms with Gasteiger partial charge in [-0.05, 0) is 47.8 Å². The molecule has 2 unspecified atom stereocenters. The van der Waals surface area contributed by atoms with Crippen molar-refractivity contribution in [3.63, 3.8) is 0 Å². The number of benzene rings is 1. The Morgan fingerprint density at radius 2 is 2.15 bits per heavy atom. The molecule has 20 heavy (non-hydrogen) atoms. The molecular weight excluding hydrogens is 346 g/mol. The summed E-state index contributed by atoms with van der Waals surface area (Å²) in [7, 11) is 0. The Labute approximate surface area is 130 Å². The van der Waals surface area contributed by atoms with Crippen molar-refractivity contribution in [2.24, 2.45) is 5.92 Å². The van der Waals surface area contributed by atoms with Crippen molar-refractivity contribution in [3.05, 3.63) is 33.3 Å². The number of hydrogen-bond donors (Lipinski definition) is 1. The SMILES string of the molecule is CC1CC(C(=O)O)CCN1C(=O)c1cccc(Br)c1Cl. The van der Waals surface area contributed by atoms with Gasteiger partial charge in [0.25, 0.3) is 5.91 Å². The van der Waals surface area contributed by atoms with E-state index < -0.39 is 5.97 Å². The number of aliphatic carboxylic acids is 1. The first-order chi connectivity index (χ1) is 9.41. The standard InChI is InChI=1S/C14H15BrClNO3/c1-8-7-9(14(19)20)5-6-17(8)13(18)10-3-2-4-11(15)12(10)16/h2-4,8-9H,5-7H2,1H3,(H,19,20). The molecule has 6 heteroatoms. The quantitative estimate of drug-likeness (QED) is 0.879. The number of halogens is 2. The summed E-state index contributed by atoms with van der Waals surface area (Å²) in [6.45, 7) is 2.32. The molecule has 1 fully saturated rings. The minimum absolute atomic E-state index is 0.104. The minimum Gasteiger partial charge on any atom is -0.481 e. The van der Waals surface area contributed by atoms with Crippen molar-refractivity contribution in [1.29, 1.82) is 0 Å². The fraction of sp³-hybridized carbons (Fsp3) is 0.429. The maximum atomic E-state index is 12.5. The lowest BCUT2D eigenvalue weighted by atomic mass is 9.91. The van der Waals surface area contributed by atoms with Gasteiger partial charge in [0, 0.05) is 17.1 Å². The number of hydrogen-bond acceptors (Lipinski definition) is 2. The van der Waals surface area contributed by atoms with Crippen LogP contribution >= 0.6 is 27.5 Å². The summed E-state index contributed by atoms with van der Waals surface area (Å²) in [4.78, 5) is 25.2. The second-order valence-corrected chi connectivity index (χ2v) is 6.24. The highest BCUT2D eigenvalue weighted by atomic mass is 79.9. The molecule has 0 saturated carbocycles. The molecule has 0 spiro atoms. The lowest BCUT2D eigenvalue weighted by Crippen LogP contribution is -2.46. The highest BCUT2D eigenvalue weighted by molar-refractivity contribution is 9.10. The molecule has 4 nitrogen and oxygen atoms in total.